The van der Waals surface area contributed by atoms with Gasteiger partial charge in [0.2, 0.25) is 6.10 Å². The molecule has 1 aliphatic rings. The molecule has 138 valence electrons. The Morgan fingerprint density at radius 3 is 2.64 bits per heavy atom. The number of hydrogen-bond donors (Lipinski definition) is 1. The van der Waals surface area contributed by atoms with Gasteiger partial charge in [-0.25, -0.2) is 4.79 Å². The van der Waals surface area contributed by atoms with Crippen LogP contribution in [0.1, 0.15) is 38.2 Å². The van der Waals surface area contributed by atoms with Crippen molar-refractivity contribution < 1.29 is 32.5 Å². The maximum absolute atomic E-state index is 13.0. The molecular weight excluding hydrogens is 361 g/mol. The molecule has 0 aliphatic carbocycles. The quantitative estimate of drug-likeness (QED) is 0.671. The molecule has 25 heavy (non-hydrogen) atoms. The van der Waals surface area contributed by atoms with Crippen LogP contribution in [-0.4, -0.2) is 30.0 Å². The smallest absolute Gasteiger partial charge is 0.430 e. The number of carboxylic acids is 1. The van der Waals surface area contributed by atoms with Gasteiger partial charge in [0.15, 0.2) is 0 Å². The molecule has 0 aromatic heterocycles. The number of halogens is 4. The third-order valence-electron chi connectivity index (χ3n) is 3.69. The third-order valence-corrected chi connectivity index (χ3v) is 3.97. The van der Waals surface area contributed by atoms with E-state index in [4.69, 9.17) is 26.2 Å². The Kier molecular flexibility index (Phi) is 6.21. The summed E-state index contributed by atoms with van der Waals surface area (Å²) in [5, 5.41) is 8.99. The summed E-state index contributed by atoms with van der Waals surface area (Å²) in [6, 6.07) is 2.80. The van der Waals surface area contributed by atoms with Gasteiger partial charge in [0, 0.05) is 11.6 Å². The Bertz CT molecular complexity index is 671. The standard InChI is InChI=1S/C17H18ClF3O4/c1-2-3-4-5-6-24-11-7-10-8-12(16(22)23)15(17(19,20)21)25-14(10)13(18)9-11/h7-9,15H,2-6H2,1H3,(H,22,23). The molecule has 1 atom stereocenters. The minimum Gasteiger partial charge on any atom is -0.494 e. The molecule has 1 heterocycles. The monoisotopic (exact) mass is 378 g/mol. The molecule has 0 bridgehead atoms. The zero-order chi connectivity index (χ0) is 18.6. The van der Waals surface area contributed by atoms with Crippen molar-refractivity contribution in [3.05, 3.63) is 28.3 Å². The topological polar surface area (TPSA) is 55.8 Å². The first-order valence-corrected chi connectivity index (χ1v) is 8.26. The van der Waals surface area contributed by atoms with Gasteiger partial charge in [0.25, 0.3) is 0 Å². The van der Waals surface area contributed by atoms with Crippen LogP contribution in [0.2, 0.25) is 5.02 Å². The van der Waals surface area contributed by atoms with Gasteiger partial charge >= 0.3 is 12.1 Å². The Balaban J connectivity index is 2.24. The van der Waals surface area contributed by atoms with E-state index < -0.39 is 23.8 Å². The van der Waals surface area contributed by atoms with Crippen LogP contribution < -0.4 is 9.47 Å². The first-order chi connectivity index (χ1) is 11.7. The molecule has 0 amide bonds. The second kappa shape index (κ2) is 7.99. The van der Waals surface area contributed by atoms with Crippen LogP contribution in [0.5, 0.6) is 11.5 Å². The van der Waals surface area contributed by atoms with Crippen molar-refractivity contribution in [3.8, 4) is 11.5 Å². The van der Waals surface area contributed by atoms with E-state index in [1.807, 2.05) is 0 Å². The van der Waals surface area contributed by atoms with Crippen molar-refractivity contribution in [1.29, 1.82) is 0 Å². The highest BCUT2D eigenvalue weighted by atomic mass is 35.5. The molecule has 1 aliphatic heterocycles. The minimum atomic E-state index is -4.86. The summed E-state index contributed by atoms with van der Waals surface area (Å²) in [6.07, 6.45) is -2.47. The minimum absolute atomic E-state index is 0.0593. The first-order valence-electron chi connectivity index (χ1n) is 7.88. The van der Waals surface area contributed by atoms with Crippen LogP contribution in [-0.2, 0) is 4.79 Å². The van der Waals surface area contributed by atoms with Gasteiger partial charge in [0.05, 0.1) is 17.2 Å². The average Bonchev–Trinajstić information content (AvgIpc) is 2.52. The normalized spacial score (nSPS) is 16.7. The molecular formula is C17H18ClF3O4. The van der Waals surface area contributed by atoms with Crippen LogP contribution in [0.15, 0.2) is 17.7 Å². The summed E-state index contributed by atoms with van der Waals surface area (Å²) in [4.78, 5) is 11.2. The number of alkyl halides is 3. The van der Waals surface area contributed by atoms with Crippen LogP contribution in [0.25, 0.3) is 6.08 Å². The number of ether oxygens (including phenoxy) is 2. The summed E-state index contributed by atoms with van der Waals surface area (Å²) in [5.41, 5.74) is -0.745. The van der Waals surface area contributed by atoms with E-state index in [0.29, 0.717) is 12.4 Å². The van der Waals surface area contributed by atoms with E-state index in [-0.39, 0.29) is 16.3 Å². The van der Waals surface area contributed by atoms with E-state index in [2.05, 4.69) is 6.92 Å². The molecule has 1 aromatic carbocycles. The molecule has 1 aromatic rings. The lowest BCUT2D eigenvalue weighted by Crippen LogP contribution is -2.40. The van der Waals surface area contributed by atoms with Crippen molar-refractivity contribution in [2.75, 3.05) is 6.61 Å². The van der Waals surface area contributed by atoms with Gasteiger partial charge < -0.3 is 14.6 Å². The van der Waals surface area contributed by atoms with Crippen LogP contribution in [0, 0.1) is 0 Å². The van der Waals surface area contributed by atoms with Crippen molar-refractivity contribution >= 4 is 23.6 Å². The molecule has 1 N–H and O–H groups in total. The maximum Gasteiger partial charge on any atom is 0.430 e. The number of unbranched alkanes of at least 4 members (excludes halogenated alkanes) is 3. The number of carbonyl (C=O) groups is 1. The predicted octanol–water partition coefficient (Wildman–Crippen LogP) is 5.09. The number of hydrogen-bond acceptors (Lipinski definition) is 3. The van der Waals surface area contributed by atoms with E-state index in [9.17, 15) is 18.0 Å². The van der Waals surface area contributed by atoms with Crippen LogP contribution in [0.4, 0.5) is 13.2 Å². The zero-order valence-electron chi connectivity index (χ0n) is 13.5. The number of rotatable bonds is 7. The number of fused-ring (bicyclic) bond motifs is 1. The second-order valence-corrected chi connectivity index (χ2v) is 6.08. The predicted molar refractivity (Wildman–Crippen MR) is 87.2 cm³/mol. The van der Waals surface area contributed by atoms with Crippen molar-refractivity contribution in [2.24, 2.45) is 0 Å². The molecule has 0 saturated heterocycles. The molecule has 0 saturated carbocycles. The second-order valence-electron chi connectivity index (χ2n) is 5.68. The number of aliphatic carboxylic acids is 1. The first kappa shape index (κ1) is 19.4. The van der Waals surface area contributed by atoms with Gasteiger partial charge in [-0.1, -0.05) is 37.8 Å². The fraction of sp³-hybridized carbons (Fsp3) is 0.471. The SMILES string of the molecule is CCCCCCOc1cc(Cl)c2c(c1)C=C(C(=O)O)C(C(F)(F)F)O2. The number of benzene rings is 1. The summed E-state index contributed by atoms with van der Waals surface area (Å²) in [5.74, 6) is -1.54. The lowest BCUT2D eigenvalue weighted by molar-refractivity contribution is -0.187. The van der Waals surface area contributed by atoms with Crippen molar-refractivity contribution in [2.45, 2.75) is 44.9 Å². The summed E-state index contributed by atoms with van der Waals surface area (Å²) >= 11 is 6.00. The van der Waals surface area contributed by atoms with E-state index in [0.717, 1.165) is 31.8 Å². The number of carboxylic acid groups (broad SMARTS) is 1. The van der Waals surface area contributed by atoms with Crippen LogP contribution in [0.3, 0.4) is 0 Å². The van der Waals surface area contributed by atoms with Gasteiger partial charge in [-0.05, 0) is 18.6 Å². The molecule has 0 radical (unpaired) electrons. The Morgan fingerprint density at radius 1 is 1.32 bits per heavy atom. The highest BCUT2D eigenvalue weighted by Crippen LogP contribution is 2.42. The van der Waals surface area contributed by atoms with Crippen molar-refractivity contribution in [1.82, 2.24) is 0 Å². The molecule has 0 spiro atoms. The van der Waals surface area contributed by atoms with Crippen LogP contribution >= 0.6 is 11.6 Å². The Labute approximate surface area is 148 Å². The summed E-state index contributed by atoms with van der Waals surface area (Å²) in [6.45, 7) is 2.53. The Morgan fingerprint density at radius 2 is 2.04 bits per heavy atom. The Hall–Kier alpha value is -1.89. The lowest BCUT2D eigenvalue weighted by atomic mass is 10.0. The fourth-order valence-electron chi connectivity index (χ4n) is 2.46. The largest absolute Gasteiger partial charge is 0.494 e. The maximum atomic E-state index is 13.0. The van der Waals surface area contributed by atoms with Gasteiger partial charge in [-0.3, -0.25) is 0 Å². The molecule has 0 fully saturated rings. The molecule has 4 nitrogen and oxygen atoms in total. The van der Waals surface area contributed by atoms with E-state index >= 15 is 0 Å². The highest BCUT2D eigenvalue weighted by molar-refractivity contribution is 6.32. The van der Waals surface area contributed by atoms with E-state index in [1.54, 1.807) is 0 Å². The zero-order valence-corrected chi connectivity index (χ0v) is 14.3. The highest BCUT2D eigenvalue weighted by Gasteiger charge is 2.48. The molecule has 1 unspecified atom stereocenters. The molecule has 8 heteroatoms. The summed E-state index contributed by atoms with van der Waals surface area (Å²) < 4.78 is 49.5. The van der Waals surface area contributed by atoms with Gasteiger partial charge in [-0.15, -0.1) is 0 Å². The van der Waals surface area contributed by atoms with Gasteiger partial charge in [0.1, 0.15) is 11.5 Å². The van der Waals surface area contributed by atoms with Gasteiger partial charge in [-0.2, -0.15) is 13.2 Å². The van der Waals surface area contributed by atoms with Crippen molar-refractivity contribution in [3.63, 3.8) is 0 Å². The third kappa shape index (κ3) is 4.81. The van der Waals surface area contributed by atoms with E-state index in [1.165, 1.54) is 12.1 Å². The lowest BCUT2D eigenvalue weighted by Gasteiger charge is -2.27. The summed E-state index contributed by atoms with van der Waals surface area (Å²) in [7, 11) is 0. The average molecular weight is 379 g/mol. The molecule has 2 rings (SSSR count). The fourth-order valence-corrected chi connectivity index (χ4v) is 2.73.